The predicted molar refractivity (Wildman–Crippen MR) is 59.1 cm³/mol. The molecule has 0 spiro atoms. The van der Waals surface area contributed by atoms with Gasteiger partial charge in [0.1, 0.15) is 5.82 Å². The van der Waals surface area contributed by atoms with Gasteiger partial charge in [-0.1, -0.05) is 6.07 Å². The van der Waals surface area contributed by atoms with E-state index in [1.54, 1.807) is 6.07 Å². The van der Waals surface area contributed by atoms with Crippen LogP contribution in [0.2, 0.25) is 0 Å². The third kappa shape index (κ3) is 3.98. The molecule has 0 radical (unpaired) electrons. The van der Waals surface area contributed by atoms with Crippen molar-refractivity contribution in [2.45, 2.75) is 32.9 Å². The summed E-state index contributed by atoms with van der Waals surface area (Å²) in [7, 11) is 0. The molecule has 1 aromatic carbocycles. The van der Waals surface area contributed by atoms with E-state index in [1.165, 1.54) is 12.1 Å². The molecular weight excluding hydrogens is 193 g/mol. The average molecular weight is 211 g/mol. The van der Waals surface area contributed by atoms with Gasteiger partial charge in [0.25, 0.3) is 0 Å². The molecule has 1 atom stereocenters. The lowest BCUT2D eigenvalue weighted by Gasteiger charge is -2.13. The summed E-state index contributed by atoms with van der Waals surface area (Å²) in [5.74, 6) is -0.195. The minimum absolute atomic E-state index is 0.191. The first-order chi connectivity index (χ1) is 7.13. The van der Waals surface area contributed by atoms with Crippen molar-refractivity contribution in [2.24, 2.45) is 0 Å². The Morgan fingerprint density at radius 3 is 2.80 bits per heavy atom. The Labute approximate surface area is 90.1 Å². The van der Waals surface area contributed by atoms with Crippen molar-refractivity contribution < 1.29 is 9.50 Å². The van der Waals surface area contributed by atoms with Crippen LogP contribution in [0.25, 0.3) is 0 Å². The summed E-state index contributed by atoms with van der Waals surface area (Å²) in [4.78, 5) is 0. The first-order valence-electron chi connectivity index (χ1n) is 5.22. The molecule has 0 aliphatic rings. The van der Waals surface area contributed by atoms with Gasteiger partial charge in [-0.2, -0.15) is 0 Å². The summed E-state index contributed by atoms with van der Waals surface area (Å²) in [6.07, 6.45) is 0.736. The van der Waals surface area contributed by atoms with E-state index in [0.29, 0.717) is 6.54 Å². The maximum absolute atomic E-state index is 12.8. The van der Waals surface area contributed by atoms with Crippen LogP contribution in [0.5, 0.6) is 0 Å². The number of halogens is 1. The Hall–Kier alpha value is -0.930. The third-order valence-corrected chi connectivity index (χ3v) is 2.51. The summed E-state index contributed by atoms with van der Waals surface area (Å²) in [5, 5.41) is 12.0. The first kappa shape index (κ1) is 12.1. The third-order valence-electron chi connectivity index (χ3n) is 2.51. The monoisotopic (exact) mass is 211 g/mol. The molecule has 0 fully saturated rings. The molecule has 0 heterocycles. The molecule has 1 aromatic rings. The summed E-state index contributed by atoms with van der Waals surface area (Å²) >= 11 is 0. The largest absolute Gasteiger partial charge is 0.396 e. The molecule has 1 rings (SSSR count). The summed E-state index contributed by atoms with van der Waals surface area (Å²) in [6.45, 7) is 4.83. The molecule has 15 heavy (non-hydrogen) atoms. The highest BCUT2D eigenvalue weighted by Crippen LogP contribution is 2.10. The van der Waals surface area contributed by atoms with Gasteiger partial charge >= 0.3 is 0 Å². The van der Waals surface area contributed by atoms with E-state index in [1.807, 2.05) is 13.8 Å². The van der Waals surface area contributed by atoms with E-state index in [2.05, 4.69) is 5.32 Å². The number of aliphatic hydroxyl groups is 1. The number of benzene rings is 1. The Bertz CT molecular complexity index is 314. The van der Waals surface area contributed by atoms with Crippen LogP contribution in [-0.2, 0) is 6.54 Å². The molecule has 0 aliphatic heterocycles. The maximum atomic E-state index is 12.8. The zero-order valence-electron chi connectivity index (χ0n) is 9.26. The molecule has 0 aliphatic carbocycles. The van der Waals surface area contributed by atoms with Crippen molar-refractivity contribution in [3.05, 3.63) is 35.1 Å². The van der Waals surface area contributed by atoms with Gasteiger partial charge in [0.2, 0.25) is 0 Å². The maximum Gasteiger partial charge on any atom is 0.123 e. The Morgan fingerprint density at radius 2 is 2.20 bits per heavy atom. The van der Waals surface area contributed by atoms with Crippen LogP contribution in [0.4, 0.5) is 4.39 Å². The van der Waals surface area contributed by atoms with Gasteiger partial charge in [-0.25, -0.2) is 4.39 Å². The van der Waals surface area contributed by atoms with Gasteiger partial charge in [0.05, 0.1) is 0 Å². The van der Waals surface area contributed by atoms with E-state index < -0.39 is 0 Å². The van der Waals surface area contributed by atoms with Crippen LogP contribution in [0.1, 0.15) is 24.5 Å². The van der Waals surface area contributed by atoms with Gasteiger partial charge < -0.3 is 10.4 Å². The van der Waals surface area contributed by atoms with Gasteiger partial charge in [0, 0.05) is 19.2 Å². The zero-order chi connectivity index (χ0) is 11.3. The van der Waals surface area contributed by atoms with E-state index in [-0.39, 0.29) is 18.5 Å². The number of hydrogen-bond acceptors (Lipinski definition) is 2. The molecule has 0 amide bonds. The molecule has 0 aromatic heterocycles. The number of hydrogen-bond donors (Lipinski definition) is 2. The second-order valence-corrected chi connectivity index (χ2v) is 3.87. The lowest BCUT2D eigenvalue weighted by molar-refractivity contribution is 0.268. The highest BCUT2D eigenvalue weighted by Gasteiger charge is 2.03. The van der Waals surface area contributed by atoms with Gasteiger partial charge in [0.15, 0.2) is 0 Å². The van der Waals surface area contributed by atoms with E-state index >= 15 is 0 Å². The molecule has 2 nitrogen and oxygen atoms in total. The van der Waals surface area contributed by atoms with Gasteiger partial charge in [-0.15, -0.1) is 0 Å². The van der Waals surface area contributed by atoms with Crippen LogP contribution >= 0.6 is 0 Å². The quantitative estimate of drug-likeness (QED) is 0.780. The molecule has 3 heteroatoms. The van der Waals surface area contributed by atoms with Crippen LogP contribution in [0.15, 0.2) is 18.2 Å². The molecule has 0 saturated carbocycles. The highest BCUT2D eigenvalue weighted by atomic mass is 19.1. The van der Waals surface area contributed by atoms with Crippen molar-refractivity contribution in [2.75, 3.05) is 6.61 Å². The number of nitrogens with one attached hydrogen (secondary N) is 1. The molecular formula is C12H18FNO. The van der Waals surface area contributed by atoms with Crippen molar-refractivity contribution in [1.29, 1.82) is 0 Å². The van der Waals surface area contributed by atoms with Crippen LogP contribution in [-0.4, -0.2) is 17.8 Å². The van der Waals surface area contributed by atoms with E-state index in [4.69, 9.17) is 5.11 Å². The smallest absolute Gasteiger partial charge is 0.123 e. The van der Waals surface area contributed by atoms with E-state index in [0.717, 1.165) is 17.5 Å². The highest BCUT2D eigenvalue weighted by molar-refractivity contribution is 5.26. The summed E-state index contributed by atoms with van der Waals surface area (Å²) < 4.78 is 12.8. The molecule has 84 valence electrons. The van der Waals surface area contributed by atoms with Crippen molar-refractivity contribution in [3.63, 3.8) is 0 Å². The SMILES string of the molecule is Cc1cc(F)ccc1CNC(C)CCO. The van der Waals surface area contributed by atoms with Crippen molar-refractivity contribution in [1.82, 2.24) is 5.32 Å². The van der Waals surface area contributed by atoms with Crippen molar-refractivity contribution >= 4 is 0 Å². The standard InChI is InChI=1S/C12H18FNO/c1-9-7-12(13)4-3-11(9)8-14-10(2)5-6-15/h3-4,7,10,14-15H,5-6,8H2,1-2H3. The molecule has 1 unspecified atom stereocenters. The minimum atomic E-state index is -0.195. The second-order valence-electron chi connectivity index (χ2n) is 3.87. The topological polar surface area (TPSA) is 32.3 Å². The molecule has 0 bridgehead atoms. The fourth-order valence-electron chi connectivity index (χ4n) is 1.44. The lowest BCUT2D eigenvalue weighted by Crippen LogP contribution is -2.26. The Balaban J connectivity index is 2.50. The summed E-state index contributed by atoms with van der Waals surface area (Å²) in [5.41, 5.74) is 2.06. The minimum Gasteiger partial charge on any atom is -0.396 e. The van der Waals surface area contributed by atoms with E-state index in [9.17, 15) is 4.39 Å². The Kier molecular flexibility index (Phi) is 4.72. The Morgan fingerprint density at radius 1 is 1.47 bits per heavy atom. The second kappa shape index (κ2) is 5.83. The molecule has 2 N–H and O–H groups in total. The lowest BCUT2D eigenvalue weighted by atomic mass is 10.1. The van der Waals surface area contributed by atoms with Gasteiger partial charge in [-0.05, 0) is 43.5 Å². The van der Waals surface area contributed by atoms with Crippen molar-refractivity contribution in [3.8, 4) is 0 Å². The predicted octanol–water partition coefficient (Wildman–Crippen LogP) is 1.99. The fraction of sp³-hybridized carbons (Fsp3) is 0.500. The van der Waals surface area contributed by atoms with Gasteiger partial charge in [-0.3, -0.25) is 0 Å². The van der Waals surface area contributed by atoms with Crippen LogP contribution in [0, 0.1) is 12.7 Å². The number of aryl methyl sites for hydroxylation is 1. The summed E-state index contributed by atoms with van der Waals surface area (Å²) in [6, 6.07) is 5.08. The zero-order valence-corrected chi connectivity index (χ0v) is 9.26. The molecule has 0 saturated heterocycles. The average Bonchev–Trinajstić information content (AvgIpc) is 2.17. The number of aliphatic hydroxyl groups excluding tert-OH is 1. The normalized spacial score (nSPS) is 12.8. The number of rotatable bonds is 5. The fourth-order valence-corrected chi connectivity index (χ4v) is 1.44. The first-order valence-corrected chi connectivity index (χ1v) is 5.22. The van der Waals surface area contributed by atoms with Crippen LogP contribution < -0.4 is 5.32 Å². The van der Waals surface area contributed by atoms with Crippen LogP contribution in [0.3, 0.4) is 0 Å².